The Morgan fingerprint density at radius 1 is 1.37 bits per heavy atom. The van der Waals surface area contributed by atoms with E-state index in [1.165, 1.54) is 5.56 Å². The molecule has 2 atom stereocenters. The molecule has 0 heterocycles. The van der Waals surface area contributed by atoms with Gasteiger partial charge in [0.05, 0.1) is 0 Å². The van der Waals surface area contributed by atoms with Gasteiger partial charge in [-0.25, -0.2) is 5.43 Å². The summed E-state index contributed by atoms with van der Waals surface area (Å²) in [6, 6.07) is 5.83. The van der Waals surface area contributed by atoms with E-state index >= 15 is 0 Å². The zero-order chi connectivity index (χ0) is 13.4. The van der Waals surface area contributed by atoms with Crippen LogP contribution in [0.5, 0.6) is 0 Å². The highest BCUT2D eigenvalue weighted by molar-refractivity contribution is 5.99. The van der Waals surface area contributed by atoms with Crippen LogP contribution >= 0.6 is 0 Å². The number of nitrogens with zero attached hydrogens (tertiary/aromatic N) is 1. The molecule has 0 bridgehead atoms. The number of aryl methyl sites for hydroxylation is 2. The maximum Gasteiger partial charge on any atom is 0.271 e. The van der Waals surface area contributed by atoms with Crippen LogP contribution in [0.2, 0.25) is 0 Å². The average molecular weight is 254 g/mol. The van der Waals surface area contributed by atoms with Gasteiger partial charge in [0.2, 0.25) is 0 Å². The van der Waals surface area contributed by atoms with E-state index in [4.69, 9.17) is 0 Å². The molecule has 1 saturated carbocycles. The van der Waals surface area contributed by atoms with Crippen molar-refractivity contribution in [3.63, 3.8) is 0 Å². The molecule has 1 N–H and O–H groups in total. The number of hydrogen-bond acceptors (Lipinski definition) is 2. The molecule has 0 aromatic heterocycles. The smallest absolute Gasteiger partial charge is 0.267 e. The second kappa shape index (κ2) is 4.65. The molecule has 1 aromatic carbocycles. The second-order valence-corrected chi connectivity index (χ2v) is 5.52. The quantitative estimate of drug-likeness (QED) is 0.639. The summed E-state index contributed by atoms with van der Waals surface area (Å²) in [5, 5.41) is 4.28. The fourth-order valence-electron chi connectivity index (χ4n) is 2.91. The molecular formula is C16H18N2O. The molecule has 3 rings (SSSR count). The van der Waals surface area contributed by atoms with Gasteiger partial charge in [-0.2, -0.15) is 5.10 Å². The SMILES string of the molecule is Cc1ccc(C(=O)N/N=C2/C[C@H]3CC=C[C@H]23)c(C)c1. The van der Waals surface area contributed by atoms with Gasteiger partial charge in [0.15, 0.2) is 0 Å². The van der Waals surface area contributed by atoms with Crippen molar-refractivity contribution >= 4 is 11.6 Å². The predicted molar refractivity (Wildman–Crippen MR) is 76.2 cm³/mol. The predicted octanol–water partition coefficient (Wildman–Crippen LogP) is 2.99. The lowest BCUT2D eigenvalue weighted by Gasteiger charge is -2.31. The molecular weight excluding hydrogens is 236 g/mol. The standard InChI is InChI=1S/C16H18N2O/c1-10-6-7-13(11(2)8-10)16(19)18-17-15-9-12-4-3-5-14(12)15/h3,5-8,12,14H,4,9H2,1-2H3,(H,18,19)/b17-15-/t12-,14+/m1/s1. The van der Waals surface area contributed by atoms with Crippen LogP contribution in [0.3, 0.4) is 0 Å². The minimum absolute atomic E-state index is 0.115. The van der Waals surface area contributed by atoms with Gasteiger partial charge in [0.25, 0.3) is 5.91 Å². The van der Waals surface area contributed by atoms with Crippen LogP contribution in [0.25, 0.3) is 0 Å². The fraction of sp³-hybridized carbons (Fsp3) is 0.375. The first kappa shape index (κ1) is 12.2. The first-order valence-corrected chi connectivity index (χ1v) is 6.76. The summed E-state index contributed by atoms with van der Waals surface area (Å²) in [4.78, 5) is 12.1. The summed E-state index contributed by atoms with van der Waals surface area (Å²) >= 11 is 0. The largest absolute Gasteiger partial charge is 0.271 e. The number of benzene rings is 1. The summed E-state index contributed by atoms with van der Waals surface area (Å²) in [6.45, 7) is 3.98. The van der Waals surface area contributed by atoms with Crippen molar-refractivity contribution < 1.29 is 4.79 Å². The third kappa shape index (κ3) is 2.21. The number of rotatable bonds is 2. The van der Waals surface area contributed by atoms with E-state index in [2.05, 4.69) is 22.7 Å². The molecule has 1 aromatic rings. The number of carbonyl (C=O) groups excluding carboxylic acids is 1. The molecule has 0 saturated heterocycles. The van der Waals surface area contributed by atoms with Crippen molar-refractivity contribution in [3.05, 3.63) is 47.0 Å². The van der Waals surface area contributed by atoms with Crippen molar-refractivity contribution in [2.24, 2.45) is 16.9 Å². The van der Waals surface area contributed by atoms with Gasteiger partial charge in [0, 0.05) is 17.2 Å². The van der Waals surface area contributed by atoms with Crippen LogP contribution in [-0.2, 0) is 0 Å². The van der Waals surface area contributed by atoms with Gasteiger partial charge in [0.1, 0.15) is 0 Å². The summed E-state index contributed by atoms with van der Waals surface area (Å²) < 4.78 is 0. The molecule has 3 heteroatoms. The minimum atomic E-state index is -0.115. The number of amides is 1. The molecule has 1 fully saturated rings. The van der Waals surface area contributed by atoms with Crippen molar-refractivity contribution in [2.45, 2.75) is 26.7 Å². The second-order valence-electron chi connectivity index (χ2n) is 5.52. The molecule has 0 unspecified atom stereocenters. The van der Waals surface area contributed by atoms with E-state index in [0.29, 0.717) is 11.5 Å². The van der Waals surface area contributed by atoms with Crippen LogP contribution < -0.4 is 5.43 Å². The molecule has 0 radical (unpaired) electrons. The normalized spacial score (nSPS) is 26.1. The zero-order valence-electron chi connectivity index (χ0n) is 11.3. The zero-order valence-corrected chi connectivity index (χ0v) is 11.3. The maximum absolute atomic E-state index is 12.1. The molecule has 2 aliphatic carbocycles. The van der Waals surface area contributed by atoms with Crippen LogP contribution in [0.15, 0.2) is 35.5 Å². The van der Waals surface area contributed by atoms with E-state index < -0.39 is 0 Å². The van der Waals surface area contributed by atoms with Gasteiger partial charge in [-0.1, -0.05) is 29.8 Å². The lowest BCUT2D eigenvalue weighted by molar-refractivity contribution is 0.0953. The number of nitrogens with one attached hydrogen (secondary N) is 1. The summed E-state index contributed by atoms with van der Waals surface area (Å²) in [5.74, 6) is 1.09. The molecule has 0 aliphatic heterocycles. The third-order valence-corrected chi connectivity index (χ3v) is 4.07. The lowest BCUT2D eigenvalue weighted by Crippen LogP contribution is -2.35. The Hall–Kier alpha value is -1.90. The van der Waals surface area contributed by atoms with Gasteiger partial charge in [-0.15, -0.1) is 0 Å². The number of allylic oxidation sites excluding steroid dienone is 2. The Bertz CT molecular complexity index is 586. The van der Waals surface area contributed by atoms with Crippen molar-refractivity contribution in [3.8, 4) is 0 Å². The average Bonchev–Trinajstić information content (AvgIpc) is 2.71. The number of carbonyl (C=O) groups is 1. The van der Waals surface area contributed by atoms with E-state index in [0.717, 1.165) is 30.0 Å². The van der Waals surface area contributed by atoms with Gasteiger partial charge in [-0.3, -0.25) is 4.79 Å². The van der Waals surface area contributed by atoms with Crippen LogP contribution in [0.4, 0.5) is 0 Å². The van der Waals surface area contributed by atoms with E-state index in [1.54, 1.807) is 0 Å². The fourth-order valence-corrected chi connectivity index (χ4v) is 2.91. The first-order valence-electron chi connectivity index (χ1n) is 6.76. The Kier molecular flexibility index (Phi) is 2.97. The Morgan fingerprint density at radius 3 is 2.95 bits per heavy atom. The first-order chi connectivity index (χ1) is 9.15. The third-order valence-electron chi connectivity index (χ3n) is 4.07. The molecule has 2 aliphatic rings. The number of hydrogen-bond donors (Lipinski definition) is 1. The summed E-state index contributed by atoms with van der Waals surface area (Å²) in [5.41, 5.74) is 6.65. The topological polar surface area (TPSA) is 41.5 Å². The Morgan fingerprint density at radius 2 is 2.21 bits per heavy atom. The highest BCUT2D eigenvalue weighted by atomic mass is 16.2. The molecule has 19 heavy (non-hydrogen) atoms. The molecule has 1 amide bonds. The van der Waals surface area contributed by atoms with Crippen LogP contribution in [-0.4, -0.2) is 11.6 Å². The van der Waals surface area contributed by atoms with Crippen molar-refractivity contribution in [1.82, 2.24) is 5.43 Å². The number of hydrazone groups is 1. The highest BCUT2D eigenvalue weighted by Gasteiger charge is 2.37. The maximum atomic E-state index is 12.1. The summed E-state index contributed by atoms with van der Waals surface area (Å²) in [7, 11) is 0. The summed E-state index contributed by atoms with van der Waals surface area (Å²) in [6.07, 6.45) is 6.60. The monoisotopic (exact) mass is 254 g/mol. The van der Waals surface area contributed by atoms with E-state index in [1.807, 2.05) is 32.0 Å². The van der Waals surface area contributed by atoms with Crippen molar-refractivity contribution in [1.29, 1.82) is 0 Å². The van der Waals surface area contributed by atoms with Crippen LogP contribution in [0.1, 0.15) is 34.3 Å². The van der Waals surface area contributed by atoms with Gasteiger partial charge >= 0.3 is 0 Å². The Labute approximate surface area is 113 Å². The molecule has 98 valence electrons. The van der Waals surface area contributed by atoms with E-state index in [9.17, 15) is 4.79 Å². The van der Waals surface area contributed by atoms with Gasteiger partial charge < -0.3 is 0 Å². The lowest BCUT2D eigenvalue weighted by atomic mass is 9.74. The number of fused-ring (bicyclic) bond motifs is 1. The Balaban J connectivity index is 1.69. The molecule has 0 spiro atoms. The van der Waals surface area contributed by atoms with Gasteiger partial charge in [-0.05, 0) is 44.2 Å². The highest BCUT2D eigenvalue weighted by Crippen LogP contribution is 2.40. The van der Waals surface area contributed by atoms with Crippen LogP contribution in [0, 0.1) is 25.7 Å². The minimum Gasteiger partial charge on any atom is -0.267 e. The van der Waals surface area contributed by atoms with Crippen molar-refractivity contribution in [2.75, 3.05) is 0 Å². The van der Waals surface area contributed by atoms with E-state index in [-0.39, 0.29) is 5.91 Å². The molecule has 3 nitrogen and oxygen atoms in total.